The SMILES string of the molecule is COC(=O)NC1(c2ccccc2N2CCCC2)CCCC1. The smallest absolute Gasteiger partial charge is 0.407 e. The number of hydrogen-bond acceptors (Lipinski definition) is 3. The second-order valence-corrected chi connectivity index (χ2v) is 6.12. The average Bonchev–Trinajstić information content (AvgIpc) is 3.19. The highest BCUT2D eigenvalue weighted by Crippen LogP contribution is 2.43. The van der Waals surface area contributed by atoms with Crippen LogP contribution in [0.15, 0.2) is 24.3 Å². The summed E-state index contributed by atoms with van der Waals surface area (Å²) in [5.74, 6) is 0. The molecule has 0 unspecified atom stereocenters. The van der Waals surface area contributed by atoms with E-state index >= 15 is 0 Å². The van der Waals surface area contributed by atoms with Gasteiger partial charge in [-0.1, -0.05) is 31.0 Å². The van der Waals surface area contributed by atoms with E-state index in [0.29, 0.717) is 0 Å². The summed E-state index contributed by atoms with van der Waals surface area (Å²) in [5, 5.41) is 3.13. The lowest BCUT2D eigenvalue weighted by atomic mass is 9.86. The maximum Gasteiger partial charge on any atom is 0.407 e. The number of nitrogens with zero attached hydrogens (tertiary/aromatic N) is 1. The van der Waals surface area contributed by atoms with Gasteiger partial charge >= 0.3 is 6.09 Å². The number of amides is 1. The first kappa shape index (κ1) is 14.2. The number of anilines is 1. The van der Waals surface area contributed by atoms with Crippen molar-refractivity contribution in [3.05, 3.63) is 29.8 Å². The number of benzene rings is 1. The Morgan fingerprint density at radius 3 is 2.48 bits per heavy atom. The van der Waals surface area contributed by atoms with Crippen LogP contribution in [-0.4, -0.2) is 26.3 Å². The summed E-state index contributed by atoms with van der Waals surface area (Å²) in [6.45, 7) is 2.23. The van der Waals surface area contributed by atoms with Crippen LogP contribution in [0.5, 0.6) is 0 Å². The second kappa shape index (κ2) is 5.96. The molecule has 1 heterocycles. The zero-order valence-electron chi connectivity index (χ0n) is 12.7. The fraction of sp³-hybridized carbons (Fsp3) is 0.588. The summed E-state index contributed by atoms with van der Waals surface area (Å²) in [6, 6.07) is 8.54. The van der Waals surface area contributed by atoms with E-state index in [1.165, 1.54) is 31.2 Å². The lowest BCUT2D eigenvalue weighted by Gasteiger charge is -2.34. The molecule has 114 valence electrons. The molecule has 1 aliphatic carbocycles. The summed E-state index contributed by atoms with van der Waals surface area (Å²) >= 11 is 0. The van der Waals surface area contributed by atoms with Crippen molar-refractivity contribution in [3.8, 4) is 0 Å². The number of alkyl carbamates (subject to hydrolysis) is 1. The Bertz CT molecular complexity index is 503. The molecule has 1 amide bonds. The van der Waals surface area contributed by atoms with Crippen LogP contribution >= 0.6 is 0 Å². The Morgan fingerprint density at radius 2 is 1.81 bits per heavy atom. The lowest BCUT2D eigenvalue weighted by Crippen LogP contribution is -2.44. The minimum Gasteiger partial charge on any atom is -0.453 e. The topological polar surface area (TPSA) is 41.6 Å². The Morgan fingerprint density at radius 1 is 1.14 bits per heavy atom. The van der Waals surface area contributed by atoms with Crippen molar-refractivity contribution < 1.29 is 9.53 Å². The quantitative estimate of drug-likeness (QED) is 0.926. The number of rotatable bonds is 3. The minimum absolute atomic E-state index is 0.258. The van der Waals surface area contributed by atoms with Crippen molar-refractivity contribution >= 4 is 11.8 Å². The van der Waals surface area contributed by atoms with Gasteiger partial charge in [-0.05, 0) is 31.7 Å². The first-order chi connectivity index (χ1) is 10.2. The molecule has 1 saturated carbocycles. The predicted molar refractivity (Wildman–Crippen MR) is 83.6 cm³/mol. The molecule has 2 fully saturated rings. The molecule has 1 saturated heterocycles. The Labute approximate surface area is 126 Å². The van der Waals surface area contributed by atoms with Crippen LogP contribution in [0.25, 0.3) is 0 Å². The molecule has 1 N–H and O–H groups in total. The summed E-state index contributed by atoms with van der Waals surface area (Å²) in [5.41, 5.74) is 2.29. The van der Waals surface area contributed by atoms with Gasteiger partial charge in [-0.15, -0.1) is 0 Å². The normalized spacial score (nSPS) is 20.5. The first-order valence-corrected chi connectivity index (χ1v) is 7.96. The monoisotopic (exact) mass is 288 g/mol. The van der Waals surface area contributed by atoms with Gasteiger partial charge in [0, 0.05) is 24.3 Å². The van der Waals surface area contributed by atoms with Crippen LogP contribution in [0.2, 0.25) is 0 Å². The van der Waals surface area contributed by atoms with Crippen LogP contribution in [0.4, 0.5) is 10.5 Å². The highest BCUT2D eigenvalue weighted by molar-refractivity contribution is 5.70. The van der Waals surface area contributed by atoms with Gasteiger partial charge in [0.1, 0.15) is 0 Å². The van der Waals surface area contributed by atoms with E-state index in [-0.39, 0.29) is 11.6 Å². The van der Waals surface area contributed by atoms with Crippen molar-refractivity contribution in [2.24, 2.45) is 0 Å². The van der Waals surface area contributed by atoms with Crippen molar-refractivity contribution in [3.63, 3.8) is 0 Å². The molecule has 0 radical (unpaired) electrons. The maximum absolute atomic E-state index is 11.8. The molecular weight excluding hydrogens is 264 g/mol. The number of methoxy groups -OCH3 is 1. The zero-order chi connectivity index (χ0) is 14.7. The molecule has 1 aromatic rings. The van der Waals surface area contributed by atoms with E-state index in [2.05, 4.69) is 34.5 Å². The third-order valence-electron chi connectivity index (χ3n) is 4.85. The highest BCUT2D eigenvalue weighted by Gasteiger charge is 2.39. The molecule has 0 atom stereocenters. The molecule has 2 aliphatic rings. The molecule has 4 nitrogen and oxygen atoms in total. The number of para-hydroxylation sites is 1. The molecule has 0 bridgehead atoms. The standard InChI is InChI=1S/C17H24N2O2/c1-21-16(20)18-17(10-4-5-11-17)14-8-2-3-9-15(14)19-12-6-7-13-19/h2-3,8-9H,4-7,10-13H2,1H3,(H,18,20). The summed E-state index contributed by atoms with van der Waals surface area (Å²) in [6.07, 6.45) is 6.47. The van der Waals surface area contributed by atoms with E-state index in [1.54, 1.807) is 0 Å². The van der Waals surface area contributed by atoms with E-state index in [9.17, 15) is 4.79 Å². The van der Waals surface area contributed by atoms with Gasteiger partial charge in [-0.3, -0.25) is 0 Å². The molecule has 0 aromatic heterocycles. The van der Waals surface area contributed by atoms with Crippen molar-refractivity contribution in [1.82, 2.24) is 5.32 Å². The average molecular weight is 288 g/mol. The Balaban J connectivity index is 1.97. The zero-order valence-corrected chi connectivity index (χ0v) is 12.7. The summed E-state index contributed by atoms with van der Waals surface area (Å²) in [4.78, 5) is 14.3. The van der Waals surface area contributed by atoms with Crippen molar-refractivity contribution in [2.45, 2.75) is 44.1 Å². The molecular formula is C17H24N2O2. The maximum atomic E-state index is 11.8. The van der Waals surface area contributed by atoms with E-state index in [4.69, 9.17) is 4.74 Å². The fourth-order valence-electron chi connectivity index (χ4n) is 3.80. The van der Waals surface area contributed by atoms with Crippen LogP contribution < -0.4 is 10.2 Å². The third kappa shape index (κ3) is 2.71. The molecule has 0 spiro atoms. The van der Waals surface area contributed by atoms with E-state index in [0.717, 1.165) is 38.8 Å². The predicted octanol–water partition coefficient (Wildman–Crippen LogP) is 3.41. The lowest BCUT2D eigenvalue weighted by molar-refractivity contribution is 0.155. The van der Waals surface area contributed by atoms with Gasteiger partial charge in [0.05, 0.1) is 12.6 Å². The summed E-state index contributed by atoms with van der Waals surface area (Å²) in [7, 11) is 1.43. The largest absolute Gasteiger partial charge is 0.453 e. The first-order valence-electron chi connectivity index (χ1n) is 7.96. The van der Waals surface area contributed by atoms with Crippen molar-refractivity contribution in [1.29, 1.82) is 0 Å². The molecule has 1 aromatic carbocycles. The fourth-order valence-corrected chi connectivity index (χ4v) is 3.80. The van der Waals surface area contributed by atoms with Gasteiger partial charge in [0.2, 0.25) is 0 Å². The van der Waals surface area contributed by atoms with E-state index < -0.39 is 0 Å². The number of carbonyl (C=O) groups excluding carboxylic acids is 1. The van der Waals surface area contributed by atoms with Crippen LogP contribution in [0.1, 0.15) is 44.1 Å². The molecule has 1 aliphatic heterocycles. The third-order valence-corrected chi connectivity index (χ3v) is 4.85. The number of carbonyl (C=O) groups is 1. The van der Waals surface area contributed by atoms with E-state index in [1.807, 2.05) is 0 Å². The minimum atomic E-state index is -0.326. The van der Waals surface area contributed by atoms with Gasteiger partial charge in [-0.25, -0.2) is 4.79 Å². The highest BCUT2D eigenvalue weighted by atomic mass is 16.5. The van der Waals surface area contributed by atoms with Crippen LogP contribution in [0.3, 0.4) is 0 Å². The number of ether oxygens (including phenoxy) is 1. The second-order valence-electron chi connectivity index (χ2n) is 6.12. The van der Waals surface area contributed by atoms with Crippen LogP contribution in [-0.2, 0) is 10.3 Å². The molecule has 21 heavy (non-hydrogen) atoms. The Hall–Kier alpha value is -1.71. The van der Waals surface area contributed by atoms with Crippen LogP contribution in [0, 0.1) is 0 Å². The molecule has 4 heteroatoms. The van der Waals surface area contributed by atoms with Gasteiger partial charge in [0.25, 0.3) is 0 Å². The van der Waals surface area contributed by atoms with Crippen molar-refractivity contribution in [2.75, 3.05) is 25.1 Å². The van der Waals surface area contributed by atoms with Gasteiger partial charge < -0.3 is 15.0 Å². The summed E-state index contributed by atoms with van der Waals surface area (Å²) < 4.78 is 4.86. The number of nitrogens with one attached hydrogen (secondary N) is 1. The number of hydrogen-bond donors (Lipinski definition) is 1. The van der Waals surface area contributed by atoms with Gasteiger partial charge in [0.15, 0.2) is 0 Å². The van der Waals surface area contributed by atoms with Gasteiger partial charge in [-0.2, -0.15) is 0 Å². The molecule has 3 rings (SSSR count). The Kier molecular flexibility index (Phi) is 4.04.